The number of carbonyl (C=O) groups is 1. The summed E-state index contributed by atoms with van der Waals surface area (Å²) in [6.45, 7) is 2.50. The molecule has 0 radical (unpaired) electrons. The number of halogens is 1. The summed E-state index contributed by atoms with van der Waals surface area (Å²) in [5, 5.41) is 2.95. The molecule has 1 N–H and O–H groups in total. The zero-order valence-electron chi connectivity index (χ0n) is 17.1. The van der Waals surface area contributed by atoms with Gasteiger partial charge < -0.3 is 14.8 Å². The monoisotopic (exact) mass is 411 g/mol. The van der Waals surface area contributed by atoms with Gasteiger partial charge in [0.2, 0.25) is 0 Å². The molecule has 0 fully saturated rings. The van der Waals surface area contributed by atoms with E-state index in [0.29, 0.717) is 12.2 Å². The number of urea groups is 1. The molecule has 0 unspecified atom stereocenters. The van der Waals surface area contributed by atoms with E-state index < -0.39 is 0 Å². The minimum Gasteiger partial charge on any atom is -0.318 e. The van der Waals surface area contributed by atoms with E-state index >= 15 is 0 Å². The molecule has 0 spiro atoms. The van der Waals surface area contributed by atoms with Gasteiger partial charge in [-0.1, -0.05) is 48.0 Å². The van der Waals surface area contributed by atoms with Crippen molar-refractivity contribution in [2.24, 2.45) is 0 Å². The van der Waals surface area contributed by atoms with Gasteiger partial charge in [0.25, 0.3) is 0 Å². The van der Waals surface area contributed by atoms with Gasteiger partial charge in [-0.05, 0) is 60.5 Å². The van der Waals surface area contributed by atoms with Crippen LogP contribution in [-0.4, -0.2) is 15.5 Å². The maximum Gasteiger partial charge on any atom is 0.322 e. The van der Waals surface area contributed by atoms with Gasteiger partial charge in [-0.15, -0.1) is 0 Å². The summed E-state index contributed by atoms with van der Waals surface area (Å²) in [5.74, 6) is -0.336. The van der Waals surface area contributed by atoms with Crippen LogP contribution in [0.1, 0.15) is 28.4 Å². The van der Waals surface area contributed by atoms with Crippen molar-refractivity contribution in [3.05, 3.63) is 119 Å². The molecule has 31 heavy (non-hydrogen) atoms. The highest BCUT2D eigenvalue weighted by Gasteiger charge is 2.33. The first-order valence-electron chi connectivity index (χ1n) is 10.3. The zero-order valence-corrected chi connectivity index (χ0v) is 17.1. The van der Waals surface area contributed by atoms with Gasteiger partial charge in [0.15, 0.2) is 0 Å². The number of hydrogen-bond donors (Lipinski definition) is 1. The number of nitrogens with one attached hydrogen (secondary N) is 1. The van der Waals surface area contributed by atoms with Crippen molar-refractivity contribution in [1.29, 1.82) is 0 Å². The van der Waals surface area contributed by atoms with Gasteiger partial charge in [0.1, 0.15) is 5.82 Å². The molecule has 0 saturated heterocycles. The molecule has 2 heterocycles. The number of amides is 2. The van der Waals surface area contributed by atoms with Crippen molar-refractivity contribution in [2.75, 3.05) is 5.32 Å². The minimum absolute atomic E-state index is 0.234. The van der Waals surface area contributed by atoms with E-state index in [0.717, 1.165) is 28.1 Å². The van der Waals surface area contributed by atoms with Crippen LogP contribution in [0.2, 0.25) is 0 Å². The maximum absolute atomic E-state index is 13.5. The molecular weight excluding hydrogens is 389 g/mol. The Morgan fingerprint density at radius 1 is 0.968 bits per heavy atom. The molecule has 0 bridgehead atoms. The first kappa shape index (κ1) is 19.1. The van der Waals surface area contributed by atoms with Crippen LogP contribution in [0.5, 0.6) is 0 Å². The molecule has 0 aliphatic carbocycles. The highest BCUT2D eigenvalue weighted by atomic mass is 19.1. The second-order valence-corrected chi connectivity index (χ2v) is 7.81. The van der Waals surface area contributed by atoms with Crippen molar-refractivity contribution < 1.29 is 9.18 Å². The van der Waals surface area contributed by atoms with Crippen LogP contribution in [0.25, 0.3) is 5.69 Å². The number of aromatic nitrogens is 1. The number of para-hydroxylation sites is 1. The van der Waals surface area contributed by atoms with Crippen LogP contribution in [0, 0.1) is 12.7 Å². The van der Waals surface area contributed by atoms with Gasteiger partial charge in [-0.3, -0.25) is 0 Å². The third kappa shape index (κ3) is 3.59. The average molecular weight is 411 g/mol. The van der Waals surface area contributed by atoms with E-state index in [1.807, 2.05) is 35.4 Å². The normalized spacial score (nSPS) is 15.0. The molecule has 4 nitrogen and oxygen atoms in total. The van der Waals surface area contributed by atoms with Crippen molar-refractivity contribution in [3.63, 3.8) is 0 Å². The number of carbonyl (C=O) groups excluding carboxylic acids is 1. The number of nitrogens with zero attached hydrogens (tertiary/aromatic N) is 2. The third-order valence-electron chi connectivity index (χ3n) is 5.68. The van der Waals surface area contributed by atoms with Crippen LogP contribution in [-0.2, 0) is 6.54 Å². The van der Waals surface area contributed by atoms with E-state index in [-0.39, 0.29) is 17.9 Å². The predicted molar refractivity (Wildman–Crippen MR) is 120 cm³/mol. The molecule has 1 aliphatic rings. The van der Waals surface area contributed by atoms with Gasteiger partial charge >= 0.3 is 6.03 Å². The Kier molecular flexibility index (Phi) is 4.79. The Hall–Kier alpha value is -3.86. The largest absolute Gasteiger partial charge is 0.322 e. The topological polar surface area (TPSA) is 37.3 Å². The lowest BCUT2D eigenvalue weighted by molar-refractivity contribution is 0.194. The van der Waals surface area contributed by atoms with Crippen LogP contribution in [0.15, 0.2) is 91.1 Å². The highest BCUT2D eigenvalue weighted by molar-refractivity contribution is 5.90. The fourth-order valence-electron chi connectivity index (χ4n) is 4.26. The Labute approximate surface area is 180 Å². The first-order valence-corrected chi connectivity index (χ1v) is 10.3. The second-order valence-electron chi connectivity index (χ2n) is 7.81. The minimum atomic E-state index is -0.336. The van der Waals surface area contributed by atoms with Crippen molar-refractivity contribution in [2.45, 2.75) is 19.5 Å². The predicted octanol–water partition coefficient (Wildman–Crippen LogP) is 6.06. The highest BCUT2D eigenvalue weighted by Crippen LogP contribution is 2.37. The average Bonchev–Trinajstić information content (AvgIpc) is 3.19. The van der Waals surface area contributed by atoms with Crippen molar-refractivity contribution in [3.8, 4) is 5.69 Å². The molecule has 1 aliphatic heterocycles. The summed E-state index contributed by atoms with van der Waals surface area (Å²) in [6, 6.07) is 25.8. The molecule has 0 saturated carbocycles. The van der Waals surface area contributed by atoms with Gasteiger partial charge in [-0.2, -0.15) is 0 Å². The number of aryl methyl sites for hydroxylation is 1. The van der Waals surface area contributed by atoms with Crippen LogP contribution in [0.4, 0.5) is 14.9 Å². The maximum atomic E-state index is 13.5. The number of rotatable bonds is 2. The van der Waals surface area contributed by atoms with E-state index in [1.54, 1.807) is 12.1 Å². The van der Waals surface area contributed by atoms with Gasteiger partial charge in [0, 0.05) is 17.6 Å². The number of hydrogen-bond acceptors (Lipinski definition) is 1. The summed E-state index contributed by atoms with van der Waals surface area (Å²) in [6.07, 6.45) is 2.04. The summed E-state index contributed by atoms with van der Waals surface area (Å²) in [7, 11) is 0. The van der Waals surface area contributed by atoms with Crippen molar-refractivity contribution >= 4 is 11.7 Å². The Balaban J connectivity index is 1.63. The second kappa shape index (κ2) is 7.76. The molecule has 1 aromatic heterocycles. The van der Waals surface area contributed by atoms with Crippen LogP contribution < -0.4 is 5.32 Å². The SMILES string of the molecule is Cc1cccc([C@H]2c3cccn3-c3ccccc3CN2C(=O)Nc2ccc(F)cc2)c1. The lowest BCUT2D eigenvalue weighted by Gasteiger charge is -2.31. The lowest BCUT2D eigenvalue weighted by atomic mass is 10.00. The smallest absolute Gasteiger partial charge is 0.318 e. The fourth-order valence-corrected chi connectivity index (χ4v) is 4.26. The standard InChI is InChI=1S/C26H22FN3O/c1-18-6-4-8-19(16-18)25-24-10-5-15-29(24)23-9-3-2-7-20(23)17-30(25)26(31)28-22-13-11-21(27)12-14-22/h2-16,25H,17H2,1H3,(H,28,31)/t25-/m0/s1. The summed E-state index contributed by atoms with van der Waals surface area (Å²) < 4.78 is 15.5. The lowest BCUT2D eigenvalue weighted by Crippen LogP contribution is -2.37. The van der Waals surface area contributed by atoms with Gasteiger partial charge in [0.05, 0.1) is 18.3 Å². The molecule has 4 aromatic rings. The Morgan fingerprint density at radius 3 is 2.58 bits per heavy atom. The Morgan fingerprint density at radius 2 is 1.77 bits per heavy atom. The summed E-state index contributed by atoms with van der Waals surface area (Å²) in [5.41, 5.74) is 5.88. The van der Waals surface area contributed by atoms with E-state index in [2.05, 4.69) is 53.2 Å². The fraction of sp³-hybridized carbons (Fsp3) is 0.115. The molecule has 2 amide bonds. The molecular formula is C26H22FN3O. The number of anilines is 1. The summed E-state index contributed by atoms with van der Waals surface area (Å²) in [4.78, 5) is 15.4. The number of benzene rings is 3. The molecule has 5 rings (SSSR count). The Bertz CT molecular complexity index is 1250. The van der Waals surface area contributed by atoms with Crippen LogP contribution >= 0.6 is 0 Å². The van der Waals surface area contributed by atoms with E-state index in [9.17, 15) is 9.18 Å². The van der Waals surface area contributed by atoms with E-state index in [4.69, 9.17) is 0 Å². The van der Waals surface area contributed by atoms with Crippen molar-refractivity contribution in [1.82, 2.24) is 9.47 Å². The first-order chi connectivity index (χ1) is 15.1. The number of fused-ring (bicyclic) bond motifs is 3. The third-order valence-corrected chi connectivity index (χ3v) is 5.68. The summed E-state index contributed by atoms with van der Waals surface area (Å²) >= 11 is 0. The molecule has 154 valence electrons. The van der Waals surface area contributed by atoms with Crippen LogP contribution in [0.3, 0.4) is 0 Å². The zero-order chi connectivity index (χ0) is 21.4. The quantitative estimate of drug-likeness (QED) is 0.428. The molecule has 5 heteroatoms. The molecule has 3 aromatic carbocycles. The molecule has 1 atom stereocenters. The van der Waals surface area contributed by atoms with E-state index in [1.165, 1.54) is 12.1 Å². The van der Waals surface area contributed by atoms with Gasteiger partial charge in [-0.25, -0.2) is 9.18 Å².